The number of hydrogen-bond donors (Lipinski definition) is 3. The average Bonchev–Trinajstić information content (AvgIpc) is 3.27. The van der Waals surface area contributed by atoms with Gasteiger partial charge in [-0.25, -0.2) is 0 Å². The Balaban J connectivity index is 1.62. The number of carbonyl (C=O) groups excluding carboxylic acids is 2. The van der Waals surface area contributed by atoms with Gasteiger partial charge < -0.3 is 25.0 Å². The summed E-state index contributed by atoms with van der Waals surface area (Å²) in [5, 5.41) is 24.9. The Bertz CT molecular complexity index is 1020. The second-order valence-corrected chi connectivity index (χ2v) is 11.2. The third-order valence-electron chi connectivity index (χ3n) is 9.18. The van der Waals surface area contributed by atoms with Gasteiger partial charge in [-0.05, 0) is 37.2 Å². The monoisotopic (exact) mass is 443 g/mol. The van der Waals surface area contributed by atoms with Crippen LogP contribution in [0.2, 0.25) is 0 Å². The standard InChI is InChI=1S/C25H33NO6/c1-12-6-7-19-23(3,4)21(31-13(2)27)18(29)10-24(19,5)25(12)9-15-17(28)8-14-16(20(15)32-25)11-26-22(14)30/h8,12,18-19,21,28-29H,6-7,9-11H2,1-5H3,(H,26,30). The topological polar surface area (TPSA) is 105 Å². The number of aromatic hydroxyl groups is 1. The van der Waals surface area contributed by atoms with Crippen molar-refractivity contribution in [3.63, 3.8) is 0 Å². The SMILES string of the molecule is CC(=O)OC1C(O)CC2(C)C(CCC(C)C23Cc2c(O)cc4c(c2O3)CNC4=O)C1(C)C. The molecule has 2 aliphatic carbocycles. The minimum Gasteiger partial charge on any atom is -0.508 e. The van der Waals surface area contributed by atoms with Gasteiger partial charge in [-0.1, -0.05) is 27.7 Å². The second-order valence-electron chi connectivity index (χ2n) is 11.2. The largest absolute Gasteiger partial charge is 0.508 e. The highest BCUT2D eigenvalue weighted by Gasteiger charge is 2.69. The van der Waals surface area contributed by atoms with Crippen molar-refractivity contribution in [2.24, 2.45) is 22.7 Å². The zero-order valence-corrected chi connectivity index (χ0v) is 19.4. The molecule has 2 fully saturated rings. The van der Waals surface area contributed by atoms with Crippen LogP contribution in [0.4, 0.5) is 0 Å². The Hall–Kier alpha value is -2.28. The van der Waals surface area contributed by atoms with Crippen molar-refractivity contribution in [2.45, 2.75) is 84.7 Å². The molecular weight excluding hydrogens is 410 g/mol. The van der Waals surface area contributed by atoms with E-state index in [4.69, 9.17) is 9.47 Å². The molecule has 1 aromatic rings. The van der Waals surface area contributed by atoms with Gasteiger partial charge in [-0.3, -0.25) is 9.59 Å². The molecule has 1 spiro atoms. The van der Waals surface area contributed by atoms with Crippen molar-refractivity contribution in [1.82, 2.24) is 5.32 Å². The number of amides is 1. The maximum atomic E-state index is 12.2. The molecule has 2 heterocycles. The number of esters is 1. The molecule has 7 nitrogen and oxygen atoms in total. The van der Waals surface area contributed by atoms with E-state index in [0.717, 1.165) is 24.0 Å². The third kappa shape index (κ3) is 2.57. The fraction of sp³-hybridized carbons (Fsp3) is 0.680. The number of aliphatic hydroxyl groups is 1. The van der Waals surface area contributed by atoms with Crippen LogP contribution in [0.25, 0.3) is 0 Å². The van der Waals surface area contributed by atoms with Gasteiger partial charge in [0.15, 0.2) is 0 Å². The van der Waals surface area contributed by atoms with Crippen LogP contribution in [-0.2, 0) is 22.5 Å². The molecule has 2 aliphatic heterocycles. The minimum absolute atomic E-state index is 0.0963. The zero-order valence-electron chi connectivity index (χ0n) is 19.4. The van der Waals surface area contributed by atoms with E-state index < -0.39 is 28.6 Å². The van der Waals surface area contributed by atoms with Crippen molar-refractivity contribution < 1.29 is 29.3 Å². The Morgan fingerprint density at radius 1 is 1.25 bits per heavy atom. The molecule has 174 valence electrons. The van der Waals surface area contributed by atoms with Gasteiger partial charge in [0.25, 0.3) is 5.91 Å². The lowest BCUT2D eigenvalue weighted by Crippen LogP contribution is -2.69. The predicted octanol–water partition coefficient (Wildman–Crippen LogP) is 3.08. The summed E-state index contributed by atoms with van der Waals surface area (Å²) in [5.74, 6) is 0.474. The Kier molecular flexibility index (Phi) is 4.46. The van der Waals surface area contributed by atoms with Crippen LogP contribution in [-0.4, -0.2) is 39.9 Å². The van der Waals surface area contributed by atoms with E-state index in [2.05, 4.69) is 33.0 Å². The zero-order chi connectivity index (χ0) is 23.2. The molecule has 1 aromatic carbocycles. The Morgan fingerprint density at radius 2 is 1.97 bits per heavy atom. The van der Waals surface area contributed by atoms with Gasteiger partial charge in [0.05, 0.1) is 11.7 Å². The smallest absolute Gasteiger partial charge is 0.303 e. The van der Waals surface area contributed by atoms with Crippen molar-refractivity contribution in [3.05, 3.63) is 22.8 Å². The van der Waals surface area contributed by atoms with E-state index in [1.54, 1.807) is 6.07 Å². The van der Waals surface area contributed by atoms with E-state index in [1.807, 2.05) is 0 Å². The number of hydrogen-bond acceptors (Lipinski definition) is 6. The molecule has 0 bridgehead atoms. The normalized spacial score (nSPS) is 39.0. The van der Waals surface area contributed by atoms with Crippen LogP contribution in [0.5, 0.6) is 11.5 Å². The van der Waals surface area contributed by atoms with Gasteiger partial charge in [-0.15, -0.1) is 0 Å². The number of aliphatic hydroxyl groups excluding tert-OH is 1. The maximum absolute atomic E-state index is 12.2. The minimum atomic E-state index is -0.813. The number of benzene rings is 1. The van der Waals surface area contributed by atoms with E-state index in [9.17, 15) is 19.8 Å². The van der Waals surface area contributed by atoms with Crippen LogP contribution < -0.4 is 10.1 Å². The number of rotatable bonds is 1. The summed E-state index contributed by atoms with van der Waals surface area (Å²) in [6.45, 7) is 10.3. The van der Waals surface area contributed by atoms with Crippen molar-refractivity contribution in [2.75, 3.05) is 0 Å². The molecule has 6 unspecified atom stereocenters. The van der Waals surface area contributed by atoms with Gasteiger partial charge in [0, 0.05) is 41.8 Å². The van der Waals surface area contributed by atoms with Gasteiger partial charge >= 0.3 is 5.97 Å². The molecule has 32 heavy (non-hydrogen) atoms. The number of phenolic OH excluding ortho intramolecular Hbond substituents is 1. The molecule has 7 heteroatoms. The molecule has 3 N–H and O–H groups in total. The first-order chi connectivity index (χ1) is 14.9. The number of nitrogens with one attached hydrogen (secondary N) is 1. The van der Waals surface area contributed by atoms with Crippen molar-refractivity contribution >= 4 is 11.9 Å². The molecular formula is C25H33NO6. The highest BCUT2D eigenvalue weighted by molar-refractivity contribution is 6.00. The first kappa shape index (κ1) is 21.6. The van der Waals surface area contributed by atoms with Crippen LogP contribution in [0.15, 0.2) is 6.07 Å². The van der Waals surface area contributed by atoms with Crippen molar-refractivity contribution in [3.8, 4) is 11.5 Å². The lowest BCUT2D eigenvalue weighted by atomic mass is 9.43. The van der Waals surface area contributed by atoms with Crippen LogP contribution in [0, 0.1) is 22.7 Å². The molecule has 6 atom stereocenters. The molecule has 0 saturated heterocycles. The van der Waals surface area contributed by atoms with E-state index in [-0.39, 0.29) is 29.5 Å². The van der Waals surface area contributed by atoms with Crippen molar-refractivity contribution in [1.29, 1.82) is 0 Å². The molecule has 0 aromatic heterocycles. The van der Waals surface area contributed by atoms with E-state index in [0.29, 0.717) is 30.7 Å². The number of fused-ring (bicyclic) bond motifs is 5. The maximum Gasteiger partial charge on any atom is 0.303 e. The fourth-order valence-electron chi connectivity index (χ4n) is 7.72. The highest BCUT2D eigenvalue weighted by Crippen LogP contribution is 2.67. The first-order valence-electron chi connectivity index (χ1n) is 11.6. The molecule has 4 aliphatic rings. The lowest BCUT2D eigenvalue weighted by molar-refractivity contribution is -0.246. The summed E-state index contributed by atoms with van der Waals surface area (Å²) in [6.07, 6.45) is 1.46. The number of carbonyl (C=O) groups is 2. The summed E-state index contributed by atoms with van der Waals surface area (Å²) in [6, 6.07) is 1.56. The average molecular weight is 444 g/mol. The lowest BCUT2D eigenvalue weighted by Gasteiger charge is -2.65. The molecule has 2 saturated carbocycles. The van der Waals surface area contributed by atoms with E-state index in [1.165, 1.54) is 6.92 Å². The first-order valence-corrected chi connectivity index (χ1v) is 11.6. The highest BCUT2D eigenvalue weighted by atomic mass is 16.6. The summed E-state index contributed by atoms with van der Waals surface area (Å²) in [5.41, 5.74) is 0.538. The summed E-state index contributed by atoms with van der Waals surface area (Å²) >= 11 is 0. The van der Waals surface area contributed by atoms with Gasteiger partial charge in [-0.2, -0.15) is 0 Å². The van der Waals surface area contributed by atoms with Gasteiger partial charge in [0.1, 0.15) is 23.2 Å². The Morgan fingerprint density at radius 3 is 2.66 bits per heavy atom. The Labute approximate surface area is 188 Å². The summed E-state index contributed by atoms with van der Waals surface area (Å²) < 4.78 is 12.5. The predicted molar refractivity (Wildman–Crippen MR) is 116 cm³/mol. The quantitative estimate of drug-likeness (QED) is 0.576. The number of phenols is 1. The van der Waals surface area contributed by atoms with Crippen LogP contribution in [0.3, 0.4) is 0 Å². The number of ether oxygens (including phenoxy) is 2. The van der Waals surface area contributed by atoms with Gasteiger partial charge in [0.2, 0.25) is 0 Å². The summed E-state index contributed by atoms with van der Waals surface area (Å²) in [4.78, 5) is 24.0. The molecule has 0 radical (unpaired) electrons. The molecule has 5 rings (SSSR count). The summed E-state index contributed by atoms with van der Waals surface area (Å²) in [7, 11) is 0. The van der Waals surface area contributed by atoms with E-state index >= 15 is 0 Å². The van der Waals surface area contributed by atoms with Crippen LogP contribution in [0.1, 0.15) is 75.4 Å². The third-order valence-corrected chi connectivity index (χ3v) is 9.18. The van der Waals surface area contributed by atoms with Crippen LogP contribution >= 0.6 is 0 Å². The second kappa shape index (κ2) is 6.62. The molecule has 1 amide bonds. The fourth-order valence-corrected chi connectivity index (χ4v) is 7.72.